The Hall–Kier alpha value is -5.04. The van der Waals surface area contributed by atoms with Crippen molar-refractivity contribution in [3.63, 3.8) is 0 Å². The normalized spacial score (nSPS) is 14.6. The van der Waals surface area contributed by atoms with Gasteiger partial charge in [-0.3, -0.25) is 14.3 Å². The second-order valence-corrected chi connectivity index (χ2v) is 11.4. The molecular weight excluding hydrogens is 599 g/mol. The molecule has 13 heteroatoms. The van der Waals surface area contributed by atoms with Crippen LogP contribution in [0.1, 0.15) is 11.1 Å². The quantitative estimate of drug-likeness (QED) is 0.271. The number of fused-ring (bicyclic) bond motifs is 1. The molecule has 5 rings (SSSR count). The van der Waals surface area contributed by atoms with Gasteiger partial charge in [0.1, 0.15) is 11.5 Å². The number of hydrogen-bond acceptors (Lipinski definition) is 6. The third kappa shape index (κ3) is 7.29. The number of rotatable bonds is 9. The number of alkyl halides is 3. The highest BCUT2D eigenvalue weighted by molar-refractivity contribution is 7.92. The fraction of sp³-hybridized carbons (Fsp3) is 0.161. The molecule has 0 aliphatic carbocycles. The lowest BCUT2D eigenvalue weighted by Gasteiger charge is -2.34. The zero-order chi connectivity index (χ0) is 31.3. The molecule has 0 fully saturated rings. The topological polar surface area (TPSA) is 114 Å². The maximum absolute atomic E-state index is 13.2. The average molecular weight is 626 g/mol. The number of nitrogens with zero attached hydrogens (tertiary/aromatic N) is 1. The Labute approximate surface area is 251 Å². The van der Waals surface area contributed by atoms with Crippen LogP contribution in [0.15, 0.2) is 108 Å². The lowest BCUT2D eigenvalue weighted by atomic mass is 10.1. The fourth-order valence-corrected chi connectivity index (χ4v) is 5.47. The van der Waals surface area contributed by atoms with Gasteiger partial charge in [0.25, 0.3) is 21.8 Å². The van der Waals surface area contributed by atoms with Crippen molar-refractivity contribution in [3.8, 4) is 11.5 Å². The van der Waals surface area contributed by atoms with Crippen molar-refractivity contribution in [2.24, 2.45) is 0 Å². The van der Waals surface area contributed by atoms with Crippen LogP contribution in [0.5, 0.6) is 11.5 Å². The molecule has 0 bridgehead atoms. The minimum Gasteiger partial charge on any atom is -0.484 e. The van der Waals surface area contributed by atoms with E-state index in [1.807, 2.05) is 30.3 Å². The van der Waals surface area contributed by atoms with Crippen LogP contribution in [0.4, 0.5) is 24.5 Å². The highest BCUT2D eigenvalue weighted by Crippen LogP contribution is 2.34. The van der Waals surface area contributed by atoms with Gasteiger partial charge in [0.05, 0.1) is 22.7 Å². The number of halogens is 3. The van der Waals surface area contributed by atoms with Crippen molar-refractivity contribution in [1.29, 1.82) is 0 Å². The summed E-state index contributed by atoms with van der Waals surface area (Å²) in [6.45, 7) is -0.196. The number of amides is 2. The number of nitrogens with one attached hydrogen (secondary N) is 2. The molecule has 0 radical (unpaired) electrons. The molecule has 4 aromatic carbocycles. The highest BCUT2D eigenvalue weighted by Gasteiger charge is 2.34. The van der Waals surface area contributed by atoms with Crippen LogP contribution in [0.25, 0.3) is 0 Å². The van der Waals surface area contributed by atoms with E-state index in [9.17, 15) is 31.2 Å². The molecule has 0 aromatic heterocycles. The first-order chi connectivity index (χ1) is 21.0. The molecular formula is C31H26F3N3O6S. The smallest absolute Gasteiger partial charge is 0.416 e. The molecule has 1 heterocycles. The molecule has 0 saturated carbocycles. The second kappa shape index (κ2) is 12.7. The van der Waals surface area contributed by atoms with Gasteiger partial charge in [-0.2, -0.15) is 13.2 Å². The Balaban J connectivity index is 1.22. The maximum Gasteiger partial charge on any atom is 0.416 e. The summed E-state index contributed by atoms with van der Waals surface area (Å²) in [6, 6.07) is 25.0. The Morgan fingerprint density at radius 2 is 1.61 bits per heavy atom. The van der Waals surface area contributed by atoms with E-state index >= 15 is 0 Å². The minimum absolute atomic E-state index is 0.0573. The zero-order valence-corrected chi connectivity index (χ0v) is 23.8. The van der Waals surface area contributed by atoms with Gasteiger partial charge in [-0.15, -0.1) is 0 Å². The molecule has 0 spiro atoms. The van der Waals surface area contributed by atoms with E-state index < -0.39 is 46.3 Å². The zero-order valence-electron chi connectivity index (χ0n) is 23.0. The van der Waals surface area contributed by atoms with Crippen LogP contribution < -0.4 is 24.4 Å². The summed E-state index contributed by atoms with van der Waals surface area (Å²) in [4.78, 5) is 27.3. The summed E-state index contributed by atoms with van der Waals surface area (Å²) < 4.78 is 78.1. The number of ether oxygens (including phenoxy) is 2. The molecule has 0 saturated heterocycles. The summed E-state index contributed by atoms with van der Waals surface area (Å²) >= 11 is 0. The summed E-state index contributed by atoms with van der Waals surface area (Å²) in [5.41, 5.74) is 0.135. The van der Waals surface area contributed by atoms with Gasteiger partial charge in [-0.1, -0.05) is 48.5 Å². The first kappa shape index (κ1) is 30.4. The Morgan fingerprint density at radius 3 is 2.34 bits per heavy atom. The van der Waals surface area contributed by atoms with Crippen molar-refractivity contribution in [2.75, 3.05) is 22.8 Å². The van der Waals surface area contributed by atoms with Crippen LogP contribution >= 0.6 is 0 Å². The predicted molar refractivity (Wildman–Crippen MR) is 156 cm³/mol. The van der Waals surface area contributed by atoms with E-state index in [-0.39, 0.29) is 22.9 Å². The van der Waals surface area contributed by atoms with E-state index in [0.29, 0.717) is 24.0 Å². The largest absolute Gasteiger partial charge is 0.484 e. The molecule has 228 valence electrons. The van der Waals surface area contributed by atoms with Crippen LogP contribution in [0.2, 0.25) is 0 Å². The van der Waals surface area contributed by atoms with Gasteiger partial charge in [0.2, 0.25) is 0 Å². The van der Waals surface area contributed by atoms with E-state index in [4.69, 9.17) is 9.47 Å². The van der Waals surface area contributed by atoms with Crippen LogP contribution in [0.3, 0.4) is 0 Å². The van der Waals surface area contributed by atoms with Crippen LogP contribution in [-0.2, 0) is 32.3 Å². The van der Waals surface area contributed by atoms with Crippen molar-refractivity contribution >= 4 is 33.2 Å². The lowest BCUT2D eigenvalue weighted by molar-refractivity contribution is -0.137. The molecule has 2 amide bonds. The number of sulfonamides is 1. The minimum atomic E-state index is -4.63. The van der Waals surface area contributed by atoms with Crippen molar-refractivity contribution in [1.82, 2.24) is 5.32 Å². The number of para-hydroxylation sites is 2. The summed E-state index contributed by atoms with van der Waals surface area (Å²) in [5.74, 6) is -0.327. The molecule has 44 heavy (non-hydrogen) atoms. The predicted octanol–water partition coefficient (Wildman–Crippen LogP) is 5.00. The highest BCUT2D eigenvalue weighted by atomic mass is 32.2. The Morgan fingerprint density at radius 1 is 0.909 bits per heavy atom. The first-order valence-corrected chi connectivity index (χ1v) is 14.8. The van der Waals surface area contributed by atoms with Gasteiger partial charge in [-0.05, 0) is 60.2 Å². The first-order valence-electron chi connectivity index (χ1n) is 13.3. The third-order valence-electron chi connectivity index (χ3n) is 6.62. The van der Waals surface area contributed by atoms with Crippen molar-refractivity contribution in [3.05, 3.63) is 114 Å². The summed E-state index contributed by atoms with van der Waals surface area (Å²) in [5, 5.41) is 2.82. The molecule has 1 aliphatic rings. The number of carbonyl (C=O) groups excluding carboxylic acids is 2. The number of hydrogen-bond donors (Lipinski definition) is 2. The fourth-order valence-electron chi connectivity index (χ4n) is 4.42. The van der Waals surface area contributed by atoms with E-state index in [2.05, 4.69) is 10.0 Å². The molecule has 2 N–H and O–H groups in total. The summed E-state index contributed by atoms with van der Waals surface area (Å²) in [7, 11) is -4.21. The second-order valence-electron chi connectivity index (χ2n) is 9.73. The Bertz CT molecular complexity index is 1750. The van der Waals surface area contributed by atoms with E-state index in [1.54, 1.807) is 24.3 Å². The van der Waals surface area contributed by atoms with Gasteiger partial charge in [0.15, 0.2) is 12.7 Å². The average Bonchev–Trinajstić information content (AvgIpc) is 3.02. The molecule has 1 aliphatic heterocycles. The van der Waals surface area contributed by atoms with Crippen molar-refractivity contribution < 1.29 is 40.7 Å². The van der Waals surface area contributed by atoms with Gasteiger partial charge >= 0.3 is 6.18 Å². The van der Waals surface area contributed by atoms with Gasteiger partial charge in [-0.25, -0.2) is 8.42 Å². The van der Waals surface area contributed by atoms with E-state index in [1.165, 1.54) is 35.2 Å². The van der Waals surface area contributed by atoms with Gasteiger partial charge < -0.3 is 19.7 Å². The maximum atomic E-state index is 13.2. The monoisotopic (exact) mass is 625 g/mol. The van der Waals surface area contributed by atoms with Crippen LogP contribution in [0, 0.1) is 0 Å². The molecule has 9 nitrogen and oxygen atoms in total. The lowest BCUT2D eigenvalue weighted by Crippen LogP contribution is -2.51. The SMILES string of the molecule is O=C(NCc1ccccc1)C1CN(C(=O)COc2ccc(S(=O)(=O)Nc3cccc(C(F)(F)F)c3)cc2)c2ccccc2O1. The number of anilines is 2. The van der Waals surface area contributed by atoms with E-state index in [0.717, 1.165) is 17.7 Å². The molecule has 1 unspecified atom stereocenters. The van der Waals surface area contributed by atoms with Crippen LogP contribution in [-0.4, -0.2) is 39.5 Å². The Kier molecular flexibility index (Phi) is 8.76. The summed E-state index contributed by atoms with van der Waals surface area (Å²) in [6.07, 6.45) is -5.59. The number of benzene rings is 4. The standard InChI is InChI=1S/C31H26F3N3O6S/c32-31(33,34)22-9-6-10-23(17-22)36-44(40,41)25-15-13-24(14-16-25)42-20-29(38)37-19-28(43-27-12-5-4-11-26(27)37)30(39)35-18-21-7-2-1-3-8-21/h1-17,28,36H,18-20H2,(H,35,39). The van der Waals surface area contributed by atoms with Gasteiger partial charge in [0, 0.05) is 12.2 Å². The molecule has 1 atom stereocenters. The molecule has 4 aromatic rings. The van der Waals surface area contributed by atoms with Crippen molar-refractivity contribution in [2.45, 2.75) is 23.7 Å². The third-order valence-corrected chi connectivity index (χ3v) is 8.01. The number of carbonyl (C=O) groups is 2.